The van der Waals surface area contributed by atoms with Crippen LogP contribution in [0.1, 0.15) is 48.9 Å². The summed E-state index contributed by atoms with van der Waals surface area (Å²) in [5.41, 5.74) is 1.62. The van der Waals surface area contributed by atoms with E-state index in [4.69, 9.17) is 4.52 Å². The summed E-state index contributed by atoms with van der Waals surface area (Å²) >= 11 is 0. The lowest BCUT2D eigenvalue weighted by atomic mass is 9.96. The van der Waals surface area contributed by atoms with Crippen LogP contribution in [0.25, 0.3) is 22.3 Å². The van der Waals surface area contributed by atoms with Gasteiger partial charge in [0, 0.05) is 41.7 Å². The monoisotopic (exact) mass is 502 g/mol. The van der Waals surface area contributed by atoms with Gasteiger partial charge in [-0.3, -0.25) is 14.3 Å². The minimum Gasteiger partial charge on any atom is -0.394 e. The van der Waals surface area contributed by atoms with Crippen LogP contribution in [0.2, 0.25) is 0 Å². The Labute approximate surface area is 214 Å². The van der Waals surface area contributed by atoms with E-state index in [0.29, 0.717) is 43.2 Å². The Morgan fingerprint density at radius 3 is 2.62 bits per heavy atom. The van der Waals surface area contributed by atoms with Crippen molar-refractivity contribution in [1.29, 1.82) is 0 Å². The first kappa shape index (κ1) is 24.6. The molecule has 192 valence electrons. The molecule has 1 fully saturated rings. The lowest BCUT2D eigenvalue weighted by molar-refractivity contribution is -0.131. The number of piperidine rings is 1. The molecule has 0 radical (unpaired) electrons. The van der Waals surface area contributed by atoms with Gasteiger partial charge in [0.05, 0.1) is 24.2 Å². The molecule has 1 aliphatic rings. The number of likely N-dealkylation sites (tertiary alicyclic amines) is 1. The van der Waals surface area contributed by atoms with Crippen LogP contribution >= 0.6 is 0 Å². The predicted octanol–water partition coefficient (Wildman–Crippen LogP) is 2.95. The van der Waals surface area contributed by atoms with Gasteiger partial charge in [0.15, 0.2) is 0 Å². The Hall–Kier alpha value is -4.05. The zero-order valence-electron chi connectivity index (χ0n) is 20.9. The molecule has 0 saturated carbocycles. The average molecular weight is 503 g/mol. The van der Waals surface area contributed by atoms with E-state index >= 15 is 0 Å². The standard InChI is InChI=1S/C27H30N6O4/c1-27(2,17-34)33-16-21-9-8-20(14-22(21)30-33)24-29-26(37-31-24)19-10-12-32(13-11-19)23(35)15-28-25(36)18-6-4-3-5-7-18/h3-9,14,16,19,34H,10-13,15,17H2,1-2H3,(H,28,36). The third-order valence-electron chi connectivity index (χ3n) is 6.85. The summed E-state index contributed by atoms with van der Waals surface area (Å²) in [5, 5.41) is 22.1. The topological polar surface area (TPSA) is 126 Å². The van der Waals surface area contributed by atoms with E-state index in [2.05, 4.69) is 20.6 Å². The molecule has 1 aliphatic heterocycles. The molecule has 2 aromatic heterocycles. The van der Waals surface area contributed by atoms with Crippen LogP contribution in [0.5, 0.6) is 0 Å². The summed E-state index contributed by atoms with van der Waals surface area (Å²) in [6.45, 7) is 4.92. The second-order valence-electron chi connectivity index (χ2n) is 9.98. The van der Waals surface area contributed by atoms with Gasteiger partial charge in [-0.2, -0.15) is 10.1 Å². The van der Waals surface area contributed by atoms with Crippen LogP contribution in [-0.4, -0.2) is 68.0 Å². The minimum absolute atomic E-state index is 0.0191. The molecule has 2 amide bonds. The molecular formula is C27H30N6O4. The lowest BCUT2D eigenvalue weighted by Gasteiger charge is -2.30. The summed E-state index contributed by atoms with van der Waals surface area (Å²) in [6.07, 6.45) is 3.33. The minimum atomic E-state index is -0.498. The fourth-order valence-electron chi connectivity index (χ4n) is 4.39. The Morgan fingerprint density at radius 1 is 1.14 bits per heavy atom. The number of rotatable bonds is 7. The van der Waals surface area contributed by atoms with Crippen molar-refractivity contribution in [3.63, 3.8) is 0 Å². The van der Waals surface area contributed by atoms with E-state index in [0.717, 1.165) is 16.5 Å². The fraction of sp³-hybridized carbons (Fsp3) is 0.370. The number of carbonyl (C=O) groups is 2. The molecule has 0 atom stereocenters. The Kier molecular flexibility index (Phi) is 6.75. The third kappa shape index (κ3) is 5.24. The average Bonchev–Trinajstić information content (AvgIpc) is 3.60. The van der Waals surface area contributed by atoms with Crippen molar-refractivity contribution in [1.82, 2.24) is 30.1 Å². The molecule has 2 aromatic carbocycles. The molecule has 1 saturated heterocycles. The smallest absolute Gasteiger partial charge is 0.251 e. The molecule has 2 N–H and O–H groups in total. The van der Waals surface area contributed by atoms with Gasteiger partial charge in [0.1, 0.15) is 0 Å². The third-order valence-corrected chi connectivity index (χ3v) is 6.85. The van der Waals surface area contributed by atoms with Crippen molar-refractivity contribution in [3.05, 3.63) is 66.2 Å². The molecule has 10 nitrogen and oxygen atoms in total. The number of nitrogens with one attached hydrogen (secondary N) is 1. The van der Waals surface area contributed by atoms with Crippen molar-refractivity contribution in [2.75, 3.05) is 26.2 Å². The molecule has 0 unspecified atom stereocenters. The van der Waals surface area contributed by atoms with E-state index in [9.17, 15) is 14.7 Å². The van der Waals surface area contributed by atoms with Gasteiger partial charge in [0.25, 0.3) is 5.91 Å². The second kappa shape index (κ2) is 10.1. The summed E-state index contributed by atoms with van der Waals surface area (Å²) in [6, 6.07) is 14.6. The van der Waals surface area contributed by atoms with Crippen molar-refractivity contribution in [2.45, 2.75) is 38.1 Å². The van der Waals surface area contributed by atoms with E-state index in [1.54, 1.807) is 33.8 Å². The highest BCUT2D eigenvalue weighted by Crippen LogP contribution is 2.30. The van der Waals surface area contributed by atoms with Crippen LogP contribution in [0.3, 0.4) is 0 Å². The van der Waals surface area contributed by atoms with Crippen molar-refractivity contribution in [2.24, 2.45) is 0 Å². The number of fused-ring (bicyclic) bond motifs is 1. The zero-order valence-corrected chi connectivity index (χ0v) is 20.9. The molecular weight excluding hydrogens is 472 g/mol. The maximum atomic E-state index is 12.6. The summed E-state index contributed by atoms with van der Waals surface area (Å²) < 4.78 is 7.36. The Morgan fingerprint density at radius 2 is 1.89 bits per heavy atom. The normalized spacial score (nSPS) is 14.7. The number of hydrogen-bond donors (Lipinski definition) is 2. The number of nitrogens with zero attached hydrogens (tertiary/aromatic N) is 5. The van der Waals surface area contributed by atoms with Gasteiger partial charge in [-0.1, -0.05) is 35.5 Å². The van der Waals surface area contributed by atoms with E-state index in [-0.39, 0.29) is 30.9 Å². The molecule has 5 rings (SSSR count). The quantitative estimate of drug-likeness (QED) is 0.398. The van der Waals surface area contributed by atoms with Gasteiger partial charge in [-0.05, 0) is 44.9 Å². The molecule has 3 heterocycles. The maximum Gasteiger partial charge on any atom is 0.251 e. The summed E-state index contributed by atoms with van der Waals surface area (Å²) in [4.78, 5) is 31.2. The van der Waals surface area contributed by atoms with Crippen LogP contribution in [-0.2, 0) is 10.3 Å². The number of hydrogen-bond acceptors (Lipinski definition) is 7. The number of amides is 2. The predicted molar refractivity (Wildman–Crippen MR) is 137 cm³/mol. The van der Waals surface area contributed by atoms with Crippen molar-refractivity contribution < 1.29 is 19.2 Å². The number of carbonyl (C=O) groups excluding carboxylic acids is 2. The van der Waals surface area contributed by atoms with E-state index < -0.39 is 5.54 Å². The Bertz CT molecular complexity index is 1400. The maximum absolute atomic E-state index is 12.6. The SMILES string of the molecule is CC(C)(CO)n1cc2ccc(-c3noc(C4CCN(C(=O)CNC(=O)c5ccccc5)CC4)n3)cc2n1. The van der Waals surface area contributed by atoms with E-state index in [1.807, 2.05) is 44.3 Å². The first-order valence-corrected chi connectivity index (χ1v) is 12.4. The molecule has 0 spiro atoms. The van der Waals surface area contributed by atoms with Gasteiger partial charge in [0.2, 0.25) is 17.6 Å². The van der Waals surface area contributed by atoms with Gasteiger partial charge in [-0.25, -0.2) is 0 Å². The number of benzene rings is 2. The molecule has 0 bridgehead atoms. The Balaban J connectivity index is 1.18. The molecule has 0 aliphatic carbocycles. The highest BCUT2D eigenvalue weighted by molar-refractivity contribution is 5.96. The summed E-state index contributed by atoms with van der Waals surface area (Å²) in [5.74, 6) is 0.759. The second-order valence-corrected chi connectivity index (χ2v) is 9.98. The number of aromatic nitrogens is 4. The van der Waals surface area contributed by atoms with Crippen LogP contribution in [0.15, 0.2) is 59.3 Å². The van der Waals surface area contributed by atoms with Gasteiger partial charge >= 0.3 is 0 Å². The molecule has 4 aromatic rings. The fourth-order valence-corrected chi connectivity index (χ4v) is 4.39. The first-order chi connectivity index (χ1) is 17.8. The van der Waals surface area contributed by atoms with Crippen LogP contribution in [0.4, 0.5) is 0 Å². The number of aliphatic hydroxyl groups excluding tert-OH is 1. The van der Waals surface area contributed by atoms with E-state index in [1.165, 1.54) is 0 Å². The lowest BCUT2D eigenvalue weighted by Crippen LogP contribution is -2.43. The highest BCUT2D eigenvalue weighted by atomic mass is 16.5. The zero-order chi connectivity index (χ0) is 26.0. The van der Waals surface area contributed by atoms with Gasteiger partial charge < -0.3 is 19.8 Å². The highest BCUT2D eigenvalue weighted by Gasteiger charge is 2.28. The van der Waals surface area contributed by atoms with Gasteiger partial charge in [-0.15, -0.1) is 0 Å². The summed E-state index contributed by atoms with van der Waals surface area (Å²) in [7, 11) is 0. The molecule has 10 heteroatoms. The van der Waals surface area contributed by atoms with Crippen LogP contribution in [0, 0.1) is 0 Å². The first-order valence-electron chi connectivity index (χ1n) is 12.4. The van der Waals surface area contributed by atoms with Crippen LogP contribution < -0.4 is 5.32 Å². The number of aliphatic hydroxyl groups is 1. The molecule has 37 heavy (non-hydrogen) atoms. The van der Waals surface area contributed by atoms with Crippen molar-refractivity contribution in [3.8, 4) is 11.4 Å². The van der Waals surface area contributed by atoms with Crippen molar-refractivity contribution >= 4 is 22.7 Å². The largest absolute Gasteiger partial charge is 0.394 e.